The van der Waals surface area contributed by atoms with E-state index in [4.69, 9.17) is 27.9 Å². The molecule has 33 heavy (non-hydrogen) atoms. The molecule has 0 aromatic heterocycles. The molecular weight excluding hydrogens is 453 g/mol. The second kappa shape index (κ2) is 11.6. The van der Waals surface area contributed by atoms with Gasteiger partial charge in [0.2, 0.25) is 5.91 Å². The van der Waals surface area contributed by atoms with E-state index < -0.39 is 5.41 Å². The first-order valence-corrected chi connectivity index (χ1v) is 12.5. The molecule has 3 rings (SSSR count). The molecule has 0 N–H and O–H groups in total. The van der Waals surface area contributed by atoms with Crippen LogP contribution in [-0.4, -0.2) is 30.6 Å². The van der Waals surface area contributed by atoms with Crippen LogP contribution < -0.4 is 0 Å². The number of allylic oxidation sites excluding steroid dienone is 1. The van der Waals surface area contributed by atoms with Crippen molar-refractivity contribution < 1.29 is 9.53 Å². The Morgan fingerprint density at radius 2 is 1.91 bits per heavy atom. The van der Waals surface area contributed by atoms with E-state index >= 15 is 0 Å². The average molecular weight is 488 g/mol. The Morgan fingerprint density at radius 3 is 2.52 bits per heavy atom. The van der Waals surface area contributed by atoms with Gasteiger partial charge in [0.25, 0.3) is 0 Å². The molecule has 1 fully saturated rings. The van der Waals surface area contributed by atoms with Crippen molar-refractivity contribution in [3.63, 3.8) is 0 Å². The minimum atomic E-state index is -0.521. The molecule has 5 heteroatoms. The van der Waals surface area contributed by atoms with Crippen LogP contribution in [0.2, 0.25) is 10.0 Å². The predicted molar refractivity (Wildman–Crippen MR) is 138 cm³/mol. The number of ether oxygens (including phenoxy) is 1. The highest BCUT2D eigenvalue weighted by Gasteiger charge is 2.50. The number of methoxy groups -OCH3 is 1. The first-order chi connectivity index (χ1) is 15.8. The number of rotatable bonds is 10. The van der Waals surface area contributed by atoms with Gasteiger partial charge in [0.15, 0.2) is 0 Å². The molecule has 1 saturated heterocycles. The SMILES string of the molecule is C=CC[C@@]1(C)CC(c2cccc(Cl)c2)C(c2ccc(Cl)cc2)N(C(CC)CCCOC)C1=O. The number of carbonyl (C=O) groups is 1. The van der Waals surface area contributed by atoms with Gasteiger partial charge in [-0.1, -0.05) is 67.4 Å². The Morgan fingerprint density at radius 1 is 1.18 bits per heavy atom. The summed E-state index contributed by atoms with van der Waals surface area (Å²) in [4.78, 5) is 16.3. The lowest BCUT2D eigenvalue weighted by atomic mass is 9.67. The van der Waals surface area contributed by atoms with Crippen LogP contribution in [0.15, 0.2) is 61.2 Å². The highest BCUT2D eigenvalue weighted by Crippen LogP contribution is 2.52. The number of hydrogen-bond donors (Lipinski definition) is 0. The second-order valence-corrected chi connectivity index (χ2v) is 10.2. The minimum absolute atomic E-state index is 0.0985. The monoisotopic (exact) mass is 487 g/mol. The van der Waals surface area contributed by atoms with Crippen LogP contribution in [0, 0.1) is 5.41 Å². The van der Waals surface area contributed by atoms with Crippen LogP contribution in [0.4, 0.5) is 0 Å². The highest BCUT2D eigenvalue weighted by atomic mass is 35.5. The van der Waals surface area contributed by atoms with E-state index in [0.29, 0.717) is 23.1 Å². The molecule has 4 atom stereocenters. The zero-order chi connectivity index (χ0) is 24.0. The maximum absolute atomic E-state index is 14.2. The number of piperidine rings is 1. The molecule has 3 nitrogen and oxygen atoms in total. The van der Waals surface area contributed by atoms with E-state index in [1.54, 1.807) is 7.11 Å². The predicted octanol–water partition coefficient (Wildman–Crippen LogP) is 7.84. The molecule has 178 valence electrons. The summed E-state index contributed by atoms with van der Waals surface area (Å²) in [6.07, 6.45) is 5.93. The van der Waals surface area contributed by atoms with Gasteiger partial charge < -0.3 is 9.64 Å². The number of halogens is 2. The number of carbonyl (C=O) groups excluding carboxylic acids is 1. The molecule has 1 aliphatic rings. The van der Waals surface area contributed by atoms with Gasteiger partial charge in [-0.3, -0.25) is 4.79 Å². The van der Waals surface area contributed by atoms with Crippen LogP contribution in [0.25, 0.3) is 0 Å². The number of nitrogens with zero attached hydrogens (tertiary/aromatic N) is 1. The standard InChI is InChI=1S/C28H35Cl2NO2/c1-5-16-28(3)19-25(21-9-7-10-23(30)18-21)26(20-12-14-22(29)15-13-20)31(27(28)32)24(6-2)11-8-17-33-4/h5,7,9-10,12-15,18,24-26H,1,6,8,11,16-17,19H2,2-4H3/t24?,25?,26?,28-/m0/s1. The van der Waals surface area contributed by atoms with Gasteiger partial charge in [-0.2, -0.15) is 0 Å². The molecule has 0 radical (unpaired) electrons. The first-order valence-electron chi connectivity index (χ1n) is 11.8. The summed E-state index contributed by atoms with van der Waals surface area (Å²) in [5.74, 6) is 0.300. The maximum Gasteiger partial charge on any atom is 0.229 e. The van der Waals surface area contributed by atoms with Gasteiger partial charge in [-0.05, 0) is 67.5 Å². The van der Waals surface area contributed by atoms with Gasteiger partial charge in [0, 0.05) is 35.7 Å². The van der Waals surface area contributed by atoms with Crippen LogP contribution >= 0.6 is 23.2 Å². The molecule has 0 spiro atoms. The fourth-order valence-electron chi connectivity index (χ4n) is 5.29. The van der Waals surface area contributed by atoms with Gasteiger partial charge in [-0.15, -0.1) is 6.58 Å². The van der Waals surface area contributed by atoms with Crippen molar-refractivity contribution in [3.05, 3.63) is 82.4 Å². The first kappa shape index (κ1) is 25.8. The van der Waals surface area contributed by atoms with Gasteiger partial charge in [-0.25, -0.2) is 0 Å². The van der Waals surface area contributed by atoms with Crippen molar-refractivity contribution in [2.45, 2.75) is 64.0 Å². The van der Waals surface area contributed by atoms with Crippen molar-refractivity contribution in [3.8, 4) is 0 Å². The number of hydrogen-bond acceptors (Lipinski definition) is 2. The topological polar surface area (TPSA) is 29.5 Å². The molecule has 2 aromatic rings. The quantitative estimate of drug-likeness (QED) is 0.252. The van der Waals surface area contributed by atoms with E-state index in [-0.39, 0.29) is 23.9 Å². The average Bonchev–Trinajstić information content (AvgIpc) is 2.80. The molecule has 0 aliphatic carbocycles. The molecule has 1 amide bonds. The lowest BCUT2D eigenvalue weighted by molar-refractivity contribution is -0.155. The molecule has 3 unspecified atom stereocenters. The van der Waals surface area contributed by atoms with Crippen molar-refractivity contribution >= 4 is 29.1 Å². The second-order valence-electron chi connectivity index (χ2n) is 9.32. The zero-order valence-corrected chi connectivity index (χ0v) is 21.4. The van der Waals surface area contributed by atoms with Crippen LogP contribution in [0.5, 0.6) is 0 Å². The van der Waals surface area contributed by atoms with Crippen molar-refractivity contribution in [2.75, 3.05) is 13.7 Å². The largest absolute Gasteiger partial charge is 0.385 e. The van der Waals surface area contributed by atoms with Gasteiger partial charge in [0.05, 0.1) is 11.5 Å². The molecule has 1 aliphatic heterocycles. The Kier molecular flexibility index (Phi) is 9.03. The Bertz CT molecular complexity index is 945. The highest BCUT2D eigenvalue weighted by molar-refractivity contribution is 6.30. The number of likely N-dealkylation sites (tertiary alicyclic amines) is 1. The Balaban J connectivity index is 2.17. The number of benzene rings is 2. The third-order valence-electron chi connectivity index (χ3n) is 6.94. The molecule has 0 saturated carbocycles. The molecule has 1 heterocycles. The van der Waals surface area contributed by atoms with Crippen LogP contribution in [0.1, 0.15) is 69.0 Å². The third-order valence-corrected chi connectivity index (χ3v) is 7.42. The molecular formula is C28H35Cl2NO2. The van der Waals surface area contributed by atoms with Crippen LogP contribution in [-0.2, 0) is 9.53 Å². The summed E-state index contributed by atoms with van der Waals surface area (Å²) in [7, 11) is 1.72. The van der Waals surface area contributed by atoms with E-state index in [2.05, 4.69) is 43.5 Å². The van der Waals surface area contributed by atoms with Gasteiger partial charge in [0.1, 0.15) is 0 Å². The van der Waals surface area contributed by atoms with Crippen molar-refractivity contribution in [1.82, 2.24) is 4.90 Å². The Hall–Kier alpha value is -1.81. The molecule has 2 aromatic carbocycles. The zero-order valence-electron chi connectivity index (χ0n) is 19.9. The smallest absolute Gasteiger partial charge is 0.229 e. The van der Waals surface area contributed by atoms with Crippen molar-refractivity contribution in [1.29, 1.82) is 0 Å². The lowest BCUT2D eigenvalue weighted by Crippen LogP contribution is -2.55. The fourth-order valence-corrected chi connectivity index (χ4v) is 5.62. The summed E-state index contributed by atoms with van der Waals surface area (Å²) >= 11 is 12.6. The summed E-state index contributed by atoms with van der Waals surface area (Å²) in [5, 5.41) is 1.40. The minimum Gasteiger partial charge on any atom is -0.385 e. The Labute approximate surface area is 208 Å². The van der Waals surface area contributed by atoms with Crippen molar-refractivity contribution in [2.24, 2.45) is 5.41 Å². The lowest BCUT2D eigenvalue weighted by Gasteiger charge is -2.52. The van der Waals surface area contributed by atoms with Crippen LogP contribution in [0.3, 0.4) is 0 Å². The van der Waals surface area contributed by atoms with Gasteiger partial charge >= 0.3 is 0 Å². The maximum atomic E-state index is 14.2. The number of amides is 1. The normalized spacial score (nSPS) is 24.0. The fraction of sp³-hybridized carbons (Fsp3) is 0.464. The van der Waals surface area contributed by atoms with E-state index in [1.165, 1.54) is 0 Å². The summed E-state index contributed by atoms with van der Waals surface area (Å²) in [5.41, 5.74) is 1.73. The van der Waals surface area contributed by atoms with E-state index in [0.717, 1.165) is 36.8 Å². The third kappa shape index (κ3) is 5.82. The van der Waals surface area contributed by atoms with E-state index in [9.17, 15) is 4.79 Å². The summed E-state index contributed by atoms with van der Waals surface area (Å²) in [6, 6.07) is 16.0. The summed E-state index contributed by atoms with van der Waals surface area (Å²) < 4.78 is 5.31. The van der Waals surface area contributed by atoms with E-state index in [1.807, 2.05) is 36.4 Å². The molecule has 0 bridgehead atoms. The summed E-state index contributed by atoms with van der Waals surface area (Å²) in [6.45, 7) is 8.90.